The van der Waals surface area contributed by atoms with Gasteiger partial charge in [-0.3, -0.25) is 0 Å². The summed E-state index contributed by atoms with van der Waals surface area (Å²) in [5.74, 6) is 2.66. The number of hydrogen-bond acceptors (Lipinski definition) is 1. The zero-order valence-electron chi connectivity index (χ0n) is 37.2. The second-order valence-electron chi connectivity index (χ2n) is 19.4. The van der Waals surface area contributed by atoms with Crippen LogP contribution >= 0.6 is 0 Å². The fourth-order valence-corrected chi connectivity index (χ4v) is 10.5. The number of ether oxygens (including phenoxy) is 1. The van der Waals surface area contributed by atoms with E-state index in [1.54, 1.807) is 5.57 Å². The van der Waals surface area contributed by atoms with Gasteiger partial charge in [-0.2, -0.15) is 0 Å². The summed E-state index contributed by atoms with van der Waals surface area (Å²) in [6.45, 7) is 30.1. The Bertz CT molecular complexity index is 2490. The van der Waals surface area contributed by atoms with Crippen LogP contribution in [0.5, 0.6) is 11.5 Å². The molecule has 0 N–H and O–H groups in total. The Kier molecular flexibility index (Phi) is 10.7. The number of rotatable bonds is 11. The summed E-state index contributed by atoms with van der Waals surface area (Å²) < 4.78 is 6.62. The molecule has 5 aromatic rings. The van der Waals surface area contributed by atoms with E-state index >= 15 is 0 Å². The third-order valence-electron chi connectivity index (χ3n) is 14.9. The molecule has 2 saturated carbocycles. The second kappa shape index (κ2) is 15.5. The second-order valence-corrected chi connectivity index (χ2v) is 19.4. The van der Waals surface area contributed by atoms with Crippen LogP contribution in [0.1, 0.15) is 143 Å². The molecule has 1 nitrogen and oxygen atoms in total. The molecule has 2 aliphatic carbocycles. The zero-order valence-corrected chi connectivity index (χ0v) is 37.2. The molecule has 1 unspecified atom stereocenters. The molecule has 1 aliphatic heterocycles. The molecule has 3 aliphatic rings. The summed E-state index contributed by atoms with van der Waals surface area (Å²) in [6, 6.07) is 38.9. The first-order valence-electron chi connectivity index (χ1n) is 22.1. The molecule has 1 atom stereocenters. The van der Waals surface area contributed by atoms with Crippen LogP contribution in [0, 0.1) is 19.8 Å². The van der Waals surface area contributed by atoms with Crippen molar-refractivity contribution in [2.75, 3.05) is 0 Å². The van der Waals surface area contributed by atoms with Crippen molar-refractivity contribution < 1.29 is 4.74 Å². The van der Waals surface area contributed by atoms with Crippen molar-refractivity contribution in [1.82, 2.24) is 0 Å². The highest BCUT2D eigenvalue weighted by Gasteiger charge is 2.38. The van der Waals surface area contributed by atoms with Crippen LogP contribution in [-0.4, -0.2) is 0 Å². The third-order valence-corrected chi connectivity index (χ3v) is 14.9. The molecule has 8 rings (SSSR count). The summed E-state index contributed by atoms with van der Waals surface area (Å²) in [4.78, 5) is 0. The van der Waals surface area contributed by atoms with Gasteiger partial charge in [0.15, 0.2) is 0 Å². The van der Waals surface area contributed by atoms with E-state index in [0.29, 0.717) is 5.92 Å². The molecule has 0 bridgehead atoms. The zero-order chi connectivity index (χ0) is 41.9. The van der Waals surface area contributed by atoms with Gasteiger partial charge in [0.25, 0.3) is 0 Å². The van der Waals surface area contributed by atoms with Gasteiger partial charge in [0.05, 0.1) is 0 Å². The average Bonchev–Trinajstić information content (AvgIpc) is 3.18. The lowest BCUT2D eigenvalue weighted by Crippen LogP contribution is -2.28. The third kappa shape index (κ3) is 6.99. The smallest absolute Gasteiger partial charge is 0.131 e. The molecule has 0 saturated heterocycles. The quantitative estimate of drug-likeness (QED) is 0.121. The molecular weight excluding hydrogens is 713 g/mol. The van der Waals surface area contributed by atoms with E-state index in [-0.39, 0.29) is 22.2 Å². The lowest BCUT2D eigenvalue weighted by molar-refractivity contribution is 0.369. The van der Waals surface area contributed by atoms with E-state index in [2.05, 4.69) is 191 Å². The van der Waals surface area contributed by atoms with Gasteiger partial charge in [-0.25, -0.2) is 0 Å². The molecule has 0 aromatic heterocycles. The van der Waals surface area contributed by atoms with Crippen LogP contribution in [0.25, 0.3) is 16.7 Å². The molecule has 1 heteroatoms. The first kappa shape index (κ1) is 40.6. The van der Waals surface area contributed by atoms with Crippen molar-refractivity contribution in [3.8, 4) is 22.6 Å². The van der Waals surface area contributed by atoms with Crippen LogP contribution in [0.3, 0.4) is 0 Å². The summed E-state index contributed by atoms with van der Waals surface area (Å²) in [5, 5.41) is 0. The number of fused-ring (bicyclic) bond motifs is 2. The van der Waals surface area contributed by atoms with Crippen molar-refractivity contribution in [2.45, 2.75) is 123 Å². The fraction of sp³-hybridized carbons (Fsp3) is 0.345. The molecule has 5 aromatic carbocycles. The Labute approximate surface area is 355 Å². The maximum Gasteiger partial charge on any atom is 0.131 e. The highest BCUT2D eigenvalue weighted by Crippen LogP contribution is 2.52. The highest BCUT2D eigenvalue weighted by atomic mass is 16.5. The van der Waals surface area contributed by atoms with Gasteiger partial charge in [-0.1, -0.05) is 171 Å². The Balaban J connectivity index is 1.28. The van der Waals surface area contributed by atoms with E-state index in [9.17, 15) is 0 Å². The first-order chi connectivity index (χ1) is 28.2. The van der Waals surface area contributed by atoms with Crippen LogP contribution < -0.4 is 4.74 Å². The van der Waals surface area contributed by atoms with E-state index in [0.717, 1.165) is 11.5 Å². The maximum absolute atomic E-state index is 6.62. The monoisotopic (exact) mass is 776 g/mol. The van der Waals surface area contributed by atoms with Crippen LogP contribution in [0.4, 0.5) is 0 Å². The van der Waals surface area contributed by atoms with Crippen molar-refractivity contribution in [3.05, 3.63) is 195 Å². The molecule has 0 amide bonds. The van der Waals surface area contributed by atoms with E-state index in [4.69, 9.17) is 4.74 Å². The van der Waals surface area contributed by atoms with Crippen molar-refractivity contribution >= 4 is 5.57 Å². The summed E-state index contributed by atoms with van der Waals surface area (Å²) in [6.07, 6.45) is 11.7. The average molecular weight is 777 g/mol. The van der Waals surface area contributed by atoms with E-state index in [1.807, 2.05) is 0 Å². The van der Waals surface area contributed by atoms with Crippen molar-refractivity contribution in [1.29, 1.82) is 0 Å². The van der Waals surface area contributed by atoms with Gasteiger partial charge in [-0.05, 0) is 148 Å². The normalized spacial score (nSPS) is 17.0. The van der Waals surface area contributed by atoms with Crippen LogP contribution in [-0.2, 0) is 16.2 Å². The maximum atomic E-state index is 6.62. The van der Waals surface area contributed by atoms with Crippen LogP contribution in [0.2, 0.25) is 0 Å². The number of aryl methyl sites for hydroxylation is 2. The lowest BCUT2D eigenvalue weighted by atomic mass is 9.65. The minimum Gasteiger partial charge on any atom is -0.457 e. The summed E-state index contributed by atoms with van der Waals surface area (Å²) >= 11 is 0. The van der Waals surface area contributed by atoms with Gasteiger partial charge in [-0.15, -0.1) is 0 Å². The van der Waals surface area contributed by atoms with Gasteiger partial charge in [0.1, 0.15) is 11.5 Å². The highest BCUT2D eigenvalue weighted by molar-refractivity contribution is 5.83. The predicted octanol–water partition coefficient (Wildman–Crippen LogP) is 16.2. The predicted molar refractivity (Wildman–Crippen MR) is 252 cm³/mol. The fourth-order valence-electron chi connectivity index (χ4n) is 10.5. The summed E-state index contributed by atoms with van der Waals surface area (Å²) in [7, 11) is 0. The minimum absolute atomic E-state index is 0.180. The number of hydrogen-bond donors (Lipinski definition) is 0. The Hall–Kier alpha value is -5.14. The number of benzene rings is 5. The van der Waals surface area contributed by atoms with Gasteiger partial charge < -0.3 is 4.74 Å². The first-order valence-corrected chi connectivity index (χ1v) is 22.1. The molecule has 302 valence electrons. The molecular formula is C58H64O. The van der Waals surface area contributed by atoms with Crippen molar-refractivity contribution in [2.24, 2.45) is 5.92 Å². The topological polar surface area (TPSA) is 9.23 Å². The Morgan fingerprint density at radius 3 is 1.98 bits per heavy atom. The largest absolute Gasteiger partial charge is 0.457 e. The summed E-state index contributed by atoms with van der Waals surface area (Å²) in [5.41, 5.74) is 19.3. The SMILES string of the molecule is C=C/C(=C(\C=C)C(C)(C)c1cc(C(C)C(C)(C)c2ccc(C(=C3CCC3)c3ccccc3)cc2)c(-c2cc3c(cc2C)Oc2ccccc2C3(C)C)cc1C)C1CCC1. The molecule has 2 fully saturated rings. The minimum atomic E-state index is -0.267. The standard InChI is InChI=1S/C58H64O/c1-12-45(40-23-19-24-40)49(13-2)57(8,9)51-36-47(39(5)56(6,7)44-31-29-43(30-32-44)55(42-25-20-26-42)41-21-15-14-16-22-41)48(33-38(51)4)46-35-52-54(34-37(46)3)59-53-28-18-17-27-50(53)58(52,10)11/h12-18,21-22,27-36,39-40H,1-2,19-20,23-26H2,3-11H3/b49-45-. The van der Waals surface area contributed by atoms with E-state index < -0.39 is 0 Å². The number of para-hydroxylation sites is 1. The van der Waals surface area contributed by atoms with Crippen molar-refractivity contribution in [3.63, 3.8) is 0 Å². The Morgan fingerprint density at radius 1 is 0.712 bits per heavy atom. The van der Waals surface area contributed by atoms with Crippen LogP contribution in [0.15, 0.2) is 145 Å². The van der Waals surface area contributed by atoms with E-state index in [1.165, 1.54) is 116 Å². The van der Waals surface area contributed by atoms with Gasteiger partial charge in [0, 0.05) is 22.0 Å². The number of allylic oxidation sites excluding steroid dienone is 5. The molecule has 59 heavy (non-hydrogen) atoms. The molecule has 0 radical (unpaired) electrons. The lowest BCUT2D eigenvalue weighted by Gasteiger charge is -2.39. The van der Waals surface area contributed by atoms with Gasteiger partial charge in [0.2, 0.25) is 0 Å². The Morgan fingerprint density at radius 2 is 1.37 bits per heavy atom. The van der Waals surface area contributed by atoms with Gasteiger partial charge >= 0.3 is 0 Å². The molecule has 0 spiro atoms. The molecule has 1 heterocycles.